The topological polar surface area (TPSA) is 77.8 Å². The van der Waals surface area contributed by atoms with Crippen LogP contribution in [0.25, 0.3) is 0 Å². The van der Waals surface area contributed by atoms with Crippen molar-refractivity contribution in [2.24, 2.45) is 5.92 Å². The van der Waals surface area contributed by atoms with E-state index in [-0.39, 0.29) is 17.9 Å². The van der Waals surface area contributed by atoms with Crippen molar-refractivity contribution < 1.29 is 24.5 Å². The summed E-state index contributed by atoms with van der Waals surface area (Å²) in [5, 5.41) is 27.8. The van der Waals surface area contributed by atoms with Gasteiger partial charge in [-0.1, -0.05) is 0 Å². The number of phenolic OH excluding ortho intramolecular Hbond substituents is 2. The number of carboxylic acid groups (broad SMARTS) is 1. The molecule has 1 aliphatic carbocycles. The third kappa shape index (κ3) is 2.25. The Morgan fingerprint density at radius 2 is 2.06 bits per heavy atom. The average Bonchev–Trinajstić information content (AvgIpc) is 3.12. The van der Waals surface area contributed by atoms with Crippen LogP contribution in [0.15, 0.2) is 6.07 Å². The number of benzene rings is 1. The predicted molar refractivity (Wildman–Crippen MR) is 62.2 cm³/mol. The number of hydrogen-bond donors (Lipinski definition) is 3. The van der Waals surface area contributed by atoms with Crippen molar-refractivity contribution in [2.75, 3.05) is 0 Å². The Labute approximate surface area is 104 Å². The number of phenols is 2. The normalized spacial score (nSPS) is 16.6. The maximum Gasteiger partial charge on any atom is 0.303 e. The van der Waals surface area contributed by atoms with E-state index in [9.17, 15) is 19.4 Å². The fraction of sp³-hybridized carbons (Fsp3) is 0.462. The minimum absolute atomic E-state index is 0.152. The quantitative estimate of drug-likeness (QED) is 0.721. The van der Waals surface area contributed by atoms with Crippen LogP contribution < -0.4 is 0 Å². The molecule has 0 heterocycles. The summed E-state index contributed by atoms with van der Waals surface area (Å²) in [5.41, 5.74) is 0.535. The third-order valence-corrected chi connectivity index (χ3v) is 3.42. The van der Waals surface area contributed by atoms with E-state index in [0.29, 0.717) is 5.56 Å². The van der Waals surface area contributed by atoms with E-state index in [1.54, 1.807) is 6.92 Å². The fourth-order valence-electron chi connectivity index (χ4n) is 2.28. The highest BCUT2D eigenvalue weighted by atomic mass is 19.1. The highest BCUT2D eigenvalue weighted by molar-refractivity contribution is 5.68. The number of carbonyl (C=O) groups is 1. The van der Waals surface area contributed by atoms with Crippen LogP contribution in [-0.2, 0) is 4.79 Å². The van der Waals surface area contributed by atoms with Gasteiger partial charge in [0.25, 0.3) is 0 Å². The molecule has 0 aliphatic heterocycles. The molecule has 98 valence electrons. The molecule has 5 heteroatoms. The van der Waals surface area contributed by atoms with E-state index in [2.05, 4.69) is 0 Å². The minimum Gasteiger partial charge on any atom is -0.504 e. The first-order valence-electron chi connectivity index (χ1n) is 5.84. The van der Waals surface area contributed by atoms with Crippen molar-refractivity contribution in [3.05, 3.63) is 23.0 Å². The number of hydrogen-bond acceptors (Lipinski definition) is 3. The van der Waals surface area contributed by atoms with Gasteiger partial charge in [-0.15, -0.1) is 0 Å². The summed E-state index contributed by atoms with van der Waals surface area (Å²) in [4.78, 5) is 10.8. The standard InChI is InChI=1S/C13H15FO4/c1-6-4-9(11(14)13(18)12(6)17)8(5-10(15)16)7-2-3-7/h4,7-8,17-18H,2-3,5H2,1H3,(H,15,16). The van der Waals surface area contributed by atoms with Crippen molar-refractivity contribution in [3.8, 4) is 11.5 Å². The van der Waals surface area contributed by atoms with Gasteiger partial charge in [-0.2, -0.15) is 0 Å². The van der Waals surface area contributed by atoms with Crippen LogP contribution in [0.1, 0.15) is 36.3 Å². The van der Waals surface area contributed by atoms with Crippen LogP contribution in [0.5, 0.6) is 11.5 Å². The van der Waals surface area contributed by atoms with Crippen LogP contribution in [-0.4, -0.2) is 21.3 Å². The Morgan fingerprint density at radius 3 is 2.56 bits per heavy atom. The molecular weight excluding hydrogens is 239 g/mol. The SMILES string of the molecule is Cc1cc(C(CC(=O)O)C2CC2)c(F)c(O)c1O. The monoisotopic (exact) mass is 254 g/mol. The van der Waals surface area contributed by atoms with E-state index in [0.717, 1.165) is 12.8 Å². The number of carboxylic acids is 1. The molecule has 18 heavy (non-hydrogen) atoms. The van der Waals surface area contributed by atoms with Gasteiger partial charge in [0.1, 0.15) is 0 Å². The summed E-state index contributed by atoms with van der Waals surface area (Å²) < 4.78 is 13.9. The van der Waals surface area contributed by atoms with Crippen molar-refractivity contribution in [1.82, 2.24) is 0 Å². The molecule has 0 aromatic heterocycles. The maximum absolute atomic E-state index is 13.9. The van der Waals surface area contributed by atoms with Crippen molar-refractivity contribution in [2.45, 2.75) is 32.1 Å². The van der Waals surface area contributed by atoms with Gasteiger partial charge >= 0.3 is 5.97 Å². The minimum atomic E-state index is -0.989. The first kappa shape index (κ1) is 12.7. The average molecular weight is 254 g/mol. The Balaban J connectivity index is 2.44. The molecule has 0 spiro atoms. The largest absolute Gasteiger partial charge is 0.504 e. The molecule has 1 saturated carbocycles. The zero-order valence-corrected chi connectivity index (χ0v) is 9.98. The van der Waals surface area contributed by atoms with Crippen molar-refractivity contribution >= 4 is 5.97 Å². The number of aliphatic carboxylic acids is 1. The maximum atomic E-state index is 13.9. The lowest BCUT2D eigenvalue weighted by atomic mass is 9.89. The lowest BCUT2D eigenvalue weighted by Gasteiger charge is -2.17. The molecule has 0 saturated heterocycles. The van der Waals surface area contributed by atoms with E-state index >= 15 is 0 Å². The molecule has 1 fully saturated rings. The Morgan fingerprint density at radius 1 is 1.44 bits per heavy atom. The molecule has 1 aromatic carbocycles. The van der Waals surface area contributed by atoms with Gasteiger partial charge in [-0.3, -0.25) is 4.79 Å². The van der Waals surface area contributed by atoms with Gasteiger partial charge < -0.3 is 15.3 Å². The molecule has 2 rings (SSSR count). The molecule has 1 aromatic rings. The van der Waals surface area contributed by atoms with Crippen LogP contribution in [0.2, 0.25) is 0 Å². The lowest BCUT2D eigenvalue weighted by molar-refractivity contribution is -0.137. The van der Waals surface area contributed by atoms with E-state index < -0.39 is 29.2 Å². The summed E-state index contributed by atoms with van der Waals surface area (Å²) in [6, 6.07) is 1.43. The number of aryl methyl sites for hydroxylation is 1. The van der Waals surface area contributed by atoms with E-state index in [1.807, 2.05) is 0 Å². The number of rotatable bonds is 4. The summed E-state index contributed by atoms with van der Waals surface area (Å²) in [5.74, 6) is -3.46. The Bertz CT molecular complexity index is 494. The van der Waals surface area contributed by atoms with Crippen LogP contribution >= 0.6 is 0 Å². The van der Waals surface area contributed by atoms with E-state index in [1.165, 1.54) is 6.07 Å². The summed E-state index contributed by atoms with van der Waals surface area (Å²) in [6.07, 6.45) is 1.58. The van der Waals surface area contributed by atoms with E-state index in [4.69, 9.17) is 5.11 Å². The fourth-order valence-corrected chi connectivity index (χ4v) is 2.28. The number of halogens is 1. The predicted octanol–water partition coefficient (Wildman–Crippen LogP) is 2.51. The van der Waals surface area contributed by atoms with Crippen LogP contribution in [0, 0.1) is 18.7 Å². The second-order valence-electron chi connectivity index (χ2n) is 4.84. The van der Waals surface area contributed by atoms with Crippen LogP contribution in [0.4, 0.5) is 4.39 Å². The molecule has 1 aliphatic rings. The molecule has 0 bridgehead atoms. The smallest absolute Gasteiger partial charge is 0.303 e. The zero-order valence-electron chi connectivity index (χ0n) is 9.98. The van der Waals surface area contributed by atoms with Gasteiger partial charge in [0.05, 0.1) is 6.42 Å². The Kier molecular flexibility index (Phi) is 3.15. The second kappa shape index (κ2) is 4.48. The Hall–Kier alpha value is -1.78. The molecule has 1 unspecified atom stereocenters. The van der Waals surface area contributed by atoms with Gasteiger partial charge in [-0.05, 0) is 42.9 Å². The summed E-state index contributed by atoms with van der Waals surface area (Å²) in [7, 11) is 0. The first-order valence-corrected chi connectivity index (χ1v) is 5.84. The van der Waals surface area contributed by atoms with Gasteiger partial charge in [-0.25, -0.2) is 4.39 Å². The molecule has 1 atom stereocenters. The molecular formula is C13H15FO4. The van der Waals surface area contributed by atoms with Gasteiger partial charge in [0, 0.05) is 5.92 Å². The van der Waals surface area contributed by atoms with Crippen molar-refractivity contribution in [1.29, 1.82) is 0 Å². The highest BCUT2D eigenvalue weighted by Gasteiger charge is 2.36. The first-order chi connectivity index (χ1) is 8.41. The lowest BCUT2D eigenvalue weighted by Crippen LogP contribution is -2.10. The van der Waals surface area contributed by atoms with Crippen LogP contribution in [0.3, 0.4) is 0 Å². The molecule has 3 N–H and O–H groups in total. The van der Waals surface area contributed by atoms with Gasteiger partial charge in [0.15, 0.2) is 17.3 Å². The third-order valence-electron chi connectivity index (χ3n) is 3.42. The zero-order chi connectivity index (χ0) is 13.4. The highest BCUT2D eigenvalue weighted by Crippen LogP contribution is 2.47. The summed E-state index contributed by atoms with van der Waals surface area (Å²) in [6.45, 7) is 1.54. The number of aromatic hydroxyl groups is 2. The van der Waals surface area contributed by atoms with Crippen molar-refractivity contribution in [3.63, 3.8) is 0 Å². The van der Waals surface area contributed by atoms with Gasteiger partial charge in [0.2, 0.25) is 0 Å². The molecule has 4 nitrogen and oxygen atoms in total. The second-order valence-corrected chi connectivity index (χ2v) is 4.84. The molecule has 0 amide bonds. The molecule has 0 radical (unpaired) electrons. The summed E-state index contributed by atoms with van der Waals surface area (Å²) >= 11 is 0.